The van der Waals surface area contributed by atoms with Gasteiger partial charge in [0.25, 0.3) is 5.69 Å². The van der Waals surface area contributed by atoms with Crippen molar-refractivity contribution in [2.24, 2.45) is 10.1 Å². The Balaban J connectivity index is 2.12. The third-order valence-electron chi connectivity index (χ3n) is 3.82. The molecule has 7 heteroatoms. The maximum Gasteiger partial charge on any atom is 0.270 e. The molecule has 0 atom stereocenters. The van der Waals surface area contributed by atoms with Crippen LogP contribution in [0.2, 0.25) is 0 Å². The quantitative estimate of drug-likeness (QED) is 0.468. The first-order valence-electron chi connectivity index (χ1n) is 7.82. The number of benzene rings is 1. The second kappa shape index (κ2) is 7.35. The van der Waals surface area contributed by atoms with Gasteiger partial charge in [0, 0.05) is 28.8 Å². The Bertz CT molecular complexity index is 855. The van der Waals surface area contributed by atoms with Crippen molar-refractivity contribution in [2.75, 3.05) is 6.54 Å². The van der Waals surface area contributed by atoms with Gasteiger partial charge in [0.15, 0.2) is 0 Å². The Morgan fingerprint density at radius 3 is 2.88 bits per heavy atom. The molecule has 3 rings (SSSR count). The maximum absolute atomic E-state index is 11.0. The van der Waals surface area contributed by atoms with Gasteiger partial charge in [-0.2, -0.15) is 5.10 Å². The highest BCUT2D eigenvalue weighted by Gasteiger charge is 2.14. The minimum absolute atomic E-state index is 0.0725. The van der Waals surface area contributed by atoms with Crippen LogP contribution < -0.4 is 4.80 Å². The lowest BCUT2D eigenvalue weighted by molar-refractivity contribution is -0.384. The lowest BCUT2D eigenvalue weighted by atomic mass is 10.1. The highest BCUT2D eigenvalue weighted by Crippen LogP contribution is 2.25. The fourth-order valence-corrected chi connectivity index (χ4v) is 3.49. The molecule has 0 aliphatic heterocycles. The predicted octanol–water partition coefficient (Wildman–Crippen LogP) is 3.99. The highest BCUT2D eigenvalue weighted by molar-refractivity contribution is 7.07. The number of hydrogen-bond donors (Lipinski definition) is 0. The van der Waals surface area contributed by atoms with E-state index in [1.807, 2.05) is 16.1 Å². The topological polar surface area (TPSA) is 72.8 Å². The fourth-order valence-electron chi connectivity index (χ4n) is 2.65. The van der Waals surface area contributed by atoms with Crippen LogP contribution in [0.1, 0.15) is 25.7 Å². The smallest absolute Gasteiger partial charge is 0.258 e. The van der Waals surface area contributed by atoms with Gasteiger partial charge in [-0.15, -0.1) is 17.9 Å². The number of rotatable bonds is 5. The van der Waals surface area contributed by atoms with Gasteiger partial charge in [0.2, 0.25) is 4.80 Å². The molecule has 1 aliphatic rings. The molecular formula is C17H18N4O2S. The summed E-state index contributed by atoms with van der Waals surface area (Å²) in [6, 6.07) is 6.62. The molecule has 1 aliphatic carbocycles. The molecule has 0 saturated heterocycles. The van der Waals surface area contributed by atoms with Crippen molar-refractivity contribution in [3.05, 3.63) is 57.2 Å². The molecule has 6 nitrogen and oxygen atoms in total. The van der Waals surface area contributed by atoms with E-state index in [-0.39, 0.29) is 10.6 Å². The number of hydrogen-bond acceptors (Lipinski definition) is 5. The van der Waals surface area contributed by atoms with E-state index in [0.717, 1.165) is 47.5 Å². The first-order chi connectivity index (χ1) is 11.7. The Labute approximate surface area is 143 Å². The van der Waals surface area contributed by atoms with Gasteiger partial charge in [0.1, 0.15) is 0 Å². The van der Waals surface area contributed by atoms with E-state index in [0.29, 0.717) is 6.54 Å². The van der Waals surface area contributed by atoms with Gasteiger partial charge in [-0.1, -0.05) is 18.2 Å². The van der Waals surface area contributed by atoms with E-state index < -0.39 is 0 Å². The third-order valence-corrected chi connectivity index (χ3v) is 4.67. The van der Waals surface area contributed by atoms with Crippen molar-refractivity contribution >= 4 is 22.7 Å². The molecule has 2 aromatic rings. The van der Waals surface area contributed by atoms with Crippen molar-refractivity contribution in [1.29, 1.82) is 0 Å². The maximum atomic E-state index is 11.0. The molecule has 0 spiro atoms. The highest BCUT2D eigenvalue weighted by atomic mass is 32.1. The largest absolute Gasteiger partial charge is 0.270 e. The van der Waals surface area contributed by atoms with Gasteiger partial charge < -0.3 is 0 Å². The van der Waals surface area contributed by atoms with Crippen LogP contribution in [-0.4, -0.2) is 21.9 Å². The zero-order valence-electron chi connectivity index (χ0n) is 13.2. The van der Waals surface area contributed by atoms with Crippen LogP contribution in [0.5, 0.6) is 0 Å². The lowest BCUT2D eigenvalue weighted by Crippen LogP contribution is -2.14. The van der Waals surface area contributed by atoms with Crippen LogP contribution in [0.25, 0.3) is 11.3 Å². The van der Waals surface area contributed by atoms with E-state index in [9.17, 15) is 10.1 Å². The molecule has 0 unspecified atom stereocenters. The van der Waals surface area contributed by atoms with E-state index in [2.05, 4.69) is 11.6 Å². The van der Waals surface area contributed by atoms with Crippen LogP contribution in [-0.2, 0) is 0 Å². The Hall–Kier alpha value is -2.54. The molecule has 1 saturated carbocycles. The Morgan fingerprint density at radius 2 is 2.17 bits per heavy atom. The van der Waals surface area contributed by atoms with Gasteiger partial charge in [0.05, 0.1) is 17.2 Å². The summed E-state index contributed by atoms with van der Waals surface area (Å²) < 4.78 is 1.81. The molecule has 0 radical (unpaired) electrons. The van der Waals surface area contributed by atoms with Gasteiger partial charge >= 0.3 is 0 Å². The van der Waals surface area contributed by atoms with Gasteiger partial charge in [-0.05, 0) is 25.7 Å². The molecular weight excluding hydrogens is 324 g/mol. The second-order valence-electron chi connectivity index (χ2n) is 5.53. The van der Waals surface area contributed by atoms with E-state index in [1.54, 1.807) is 18.2 Å². The number of thiazole rings is 1. The first kappa shape index (κ1) is 16.3. The zero-order chi connectivity index (χ0) is 16.9. The number of nitrogens with zero attached hydrogens (tertiary/aromatic N) is 4. The predicted molar refractivity (Wildman–Crippen MR) is 96.3 cm³/mol. The molecule has 0 N–H and O–H groups in total. The molecule has 1 fully saturated rings. The minimum Gasteiger partial charge on any atom is -0.258 e. The van der Waals surface area contributed by atoms with Crippen molar-refractivity contribution in [3.8, 4) is 11.3 Å². The summed E-state index contributed by atoms with van der Waals surface area (Å²) in [6.07, 6.45) is 6.06. The fraction of sp³-hybridized carbons (Fsp3) is 0.294. The van der Waals surface area contributed by atoms with Crippen LogP contribution in [0.3, 0.4) is 0 Å². The van der Waals surface area contributed by atoms with E-state index in [1.165, 1.54) is 17.4 Å². The van der Waals surface area contributed by atoms with Crippen molar-refractivity contribution < 1.29 is 4.92 Å². The van der Waals surface area contributed by atoms with Crippen molar-refractivity contribution in [2.45, 2.75) is 25.7 Å². The summed E-state index contributed by atoms with van der Waals surface area (Å²) in [4.78, 5) is 15.9. The summed E-state index contributed by atoms with van der Waals surface area (Å²) in [7, 11) is 0. The average molecular weight is 342 g/mol. The van der Waals surface area contributed by atoms with Crippen molar-refractivity contribution in [3.63, 3.8) is 0 Å². The first-order valence-corrected chi connectivity index (χ1v) is 8.70. The summed E-state index contributed by atoms with van der Waals surface area (Å²) in [5, 5.41) is 17.8. The van der Waals surface area contributed by atoms with Gasteiger partial charge in [-0.25, -0.2) is 4.68 Å². The van der Waals surface area contributed by atoms with Crippen molar-refractivity contribution in [1.82, 2.24) is 4.68 Å². The molecule has 24 heavy (non-hydrogen) atoms. The molecule has 124 valence electrons. The summed E-state index contributed by atoms with van der Waals surface area (Å²) in [5.41, 5.74) is 2.82. The molecule has 1 aromatic carbocycles. The molecule has 0 bridgehead atoms. The zero-order valence-corrected chi connectivity index (χ0v) is 14.0. The number of nitro groups is 1. The SMILES string of the molecule is C=CCN=c1scc(-c2cccc([N+](=O)[O-])c2)n1N=C1CCCC1. The van der Waals surface area contributed by atoms with Crippen LogP contribution in [0, 0.1) is 10.1 Å². The molecule has 1 heterocycles. The monoisotopic (exact) mass is 342 g/mol. The summed E-state index contributed by atoms with van der Waals surface area (Å²) in [6.45, 7) is 4.21. The van der Waals surface area contributed by atoms with Gasteiger partial charge in [-0.3, -0.25) is 15.1 Å². The number of aromatic nitrogens is 1. The molecule has 0 amide bonds. The summed E-state index contributed by atoms with van der Waals surface area (Å²) >= 11 is 1.48. The number of non-ortho nitro benzene ring substituents is 1. The summed E-state index contributed by atoms with van der Waals surface area (Å²) in [5.74, 6) is 0. The lowest BCUT2D eigenvalue weighted by Gasteiger charge is -2.05. The number of nitro benzene ring substituents is 1. The Kier molecular flexibility index (Phi) is 5.00. The third kappa shape index (κ3) is 3.51. The van der Waals surface area contributed by atoms with E-state index in [4.69, 9.17) is 5.10 Å². The Morgan fingerprint density at radius 1 is 1.38 bits per heavy atom. The second-order valence-corrected chi connectivity index (χ2v) is 6.36. The van der Waals surface area contributed by atoms with Crippen LogP contribution in [0.4, 0.5) is 5.69 Å². The average Bonchev–Trinajstić information content (AvgIpc) is 3.23. The van der Waals surface area contributed by atoms with Crippen LogP contribution >= 0.6 is 11.3 Å². The standard InChI is InChI=1S/C17H18N4O2S/c1-2-10-18-17-20(19-14-7-3-4-8-14)16(12-24-17)13-6-5-9-15(11-13)21(22)23/h2,5-6,9,11-12H,1,3-4,7-8,10H2. The molecule has 1 aromatic heterocycles. The van der Waals surface area contributed by atoms with E-state index >= 15 is 0 Å². The van der Waals surface area contributed by atoms with Crippen LogP contribution in [0.15, 0.2) is 52.4 Å². The minimum atomic E-state index is -0.383. The normalized spacial score (nSPS) is 14.8.